The van der Waals surface area contributed by atoms with Gasteiger partial charge in [-0.2, -0.15) is 0 Å². The van der Waals surface area contributed by atoms with E-state index in [0.717, 1.165) is 0 Å². The first-order chi connectivity index (χ1) is 11.1. The number of benzene rings is 3. The highest BCUT2D eigenvalue weighted by Gasteiger charge is 1.99. The van der Waals surface area contributed by atoms with Gasteiger partial charge in [0.05, 0.1) is 0 Å². The van der Waals surface area contributed by atoms with Gasteiger partial charge in [0.2, 0.25) is 0 Å². The Kier molecular flexibility index (Phi) is 5.94. The average Bonchev–Trinajstić information content (AvgIpc) is 2.56. The molecule has 0 bridgehead atoms. The molecule has 0 N–H and O–H groups in total. The van der Waals surface area contributed by atoms with Crippen LogP contribution in [-0.4, -0.2) is 0 Å². The Bertz CT molecular complexity index is 728. The van der Waals surface area contributed by atoms with Crippen LogP contribution in [0.25, 0.3) is 22.3 Å². The van der Waals surface area contributed by atoms with E-state index in [0.29, 0.717) is 0 Å². The highest BCUT2D eigenvalue weighted by molar-refractivity contribution is 5.70. The van der Waals surface area contributed by atoms with Gasteiger partial charge in [0.15, 0.2) is 0 Å². The summed E-state index contributed by atoms with van der Waals surface area (Å²) in [6.07, 6.45) is 0. The minimum Gasteiger partial charge on any atom is -0.100 e. The van der Waals surface area contributed by atoms with Crippen molar-refractivity contribution in [1.29, 1.82) is 0 Å². The first-order valence-electron chi connectivity index (χ1n) is 7.91. The molecule has 0 atom stereocenters. The Balaban J connectivity index is 0.000000433. The Labute approximate surface area is 140 Å². The summed E-state index contributed by atoms with van der Waals surface area (Å²) in [5.41, 5.74) is 7.52. The van der Waals surface area contributed by atoms with Gasteiger partial charge in [-0.25, -0.2) is 0 Å². The number of aryl methyl sites for hydroxylation is 1. The normalized spacial score (nSPS) is 9.70. The average molecular weight is 300 g/mol. The van der Waals surface area contributed by atoms with Gasteiger partial charge in [0.1, 0.15) is 0 Å². The van der Waals surface area contributed by atoms with Crippen molar-refractivity contribution in [3.8, 4) is 22.3 Å². The summed E-state index contributed by atoms with van der Waals surface area (Å²) in [5.74, 6) is 0. The van der Waals surface area contributed by atoms with Crippen LogP contribution >= 0.6 is 0 Å². The molecule has 0 aliphatic carbocycles. The third-order valence-electron chi connectivity index (χ3n) is 3.38. The van der Waals surface area contributed by atoms with Crippen LogP contribution < -0.4 is 0 Å². The highest BCUT2D eigenvalue weighted by atomic mass is 14.0. The molecule has 0 saturated heterocycles. The second-order valence-corrected chi connectivity index (χ2v) is 6.02. The summed E-state index contributed by atoms with van der Waals surface area (Å²) in [4.78, 5) is 0. The van der Waals surface area contributed by atoms with Crippen molar-refractivity contribution in [2.45, 2.75) is 20.8 Å². The van der Waals surface area contributed by atoms with E-state index in [1.165, 1.54) is 33.4 Å². The van der Waals surface area contributed by atoms with Crippen LogP contribution in [0.3, 0.4) is 0 Å². The highest BCUT2D eigenvalue weighted by Crippen LogP contribution is 2.24. The van der Waals surface area contributed by atoms with Gasteiger partial charge < -0.3 is 0 Å². The second kappa shape index (κ2) is 8.14. The molecule has 0 unspecified atom stereocenters. The zero-order valence-corrected chi connectivity index (χ0v) is 14.2. The van der Waals surface area contributed by atoms with Crippen LogP contribution in [0.4, 0.5) is 0 Å². The Morgan fingerprint density at radius 1 is 0.565 bits per heavy atom. The monoisotopic (exact) mass is 300 g/mol. The van der Waals surface area contributed by atoms with Crippen molar-refractivity contribution in [3.05, 3.63) is 96.6 Å². The molecular weight excluding hydrogens is 276 g/mol. The molecule has 0 heteroatoms. The minimum absolute atomic E-state index is 1.17. The van der Waals surface area contributed by atoms with E-state index >= 15 is 0 Å². The van der Waals surface area contributed by atoms with Crippen LogP contribution in [-0.2, 0) is 0 Å². The van der Waals surface area contributed by atoms with E-state index in [4.69, 9.17) is 0 Å². The van der Waals surface area contributed by atoms with Crippen molar-refractivity contribution in [2.75, 3.05) is 0 Å². The van der Waals surface area contributed by atoms with Gasteiger partial charge in [-0.1, -0.05) is 90.0 Å². The summed E-state index contributed by atoms with van der Waals surface area (Å²) in [7, 11) is 0. The molecule has 23 heavy (non-hydrogen) atoms. The molecule has 0 fully saturated rings. The second-order valence-electron chi connectivity index (χ2n) is 6.02. The maximum absolute atomic E-state index is 3.56. The molecule has 116 valence electrons. The van der Waals surface area contributed by atoms with E-state index in [9.17, 15) is 0 Å². The zero-order chi connectivity index (χ0) is 16.7. The van der Waals surface area contributed by atoms with Gasteiger partial charge in [0, 0.05) is 0 Å². The molecule has 3 rings (SSSR count). The molecule has 0 radical (unpaired) electrons. The fraction of sp³-hybridized carbons (Fsp3) is 0.130. The topological polar surface area (TPSA) is 0 Å². The van der Waals surface area contributed by atoms with Crippen molar-refractivity contribution < 1.29 is 0 Å². The van der Waals surface area contributed by atoms with E-state index < -0.39 is 0 Å². The van der Waals surface area contributed by atoms with Crippen molar-refractivity contribution >= 4 is 0 Å². The molecule has 0 nitrogen and oxygen atoms in total. The summed E-state index contributed by atoms with van der Waals surface area (Å²) in [6.45, 7) is 9.61. The maximum Gasteiger partial charge on any atom is -0.0184 e. The van der Waals surface area contributed by atoms with Crippen LogP contribution in [0.15, 0.2) is 91.0 Å². The Morgan fingerprint density at radius 3 is 1.26 bits per heavy atom. The van der Waals surface area contributed by atoms with Gasteiger partial charge in [-0.15, -0.1) is 6.58 Å². The number of allylic oxidation sites excluding steroid dienone is 1. The first kappa shape index (κ1) is 16.8. The smallest absolute Gasteiger partial charge is 0.0184 e. The van der Waals surface area contributed by atoms with Crippen LogP contribution in [0.2, 0.25) is 0 Å². The molecular formula is C23H24. The molecule has 3 aromatic carbocycles. The van der Waals surface area contributed by atoms with Crippen LogP contribution in [0.5, 0.6) is 0 Å². The molecule has 0 aromatic heterocycles. The Morgan fingerprint density at radius 2 is 0.870 bits per heavy atom. The summed E-state index contributed by atoms with van der Waals surface area (Å²) in [6, 6.07) is 27.9. The van der Waals surface area contributed by atoms with Gasteiger partial charge in [-0.05, 0) is 43.0 Å². The van der Waals surface area contributed by atoms with Crippen molar-refractivity contribution in [2.24, 2.45) is 0 Å². The van der Waals surface area contributed by atoms with E-state index in [2.05, 4.69) is 86.3 Å². The Hall–Kier alpha value is -2.60. The molecule has 0 amide bonds. The van der Waals surface area contributed by atoms with Gasteiger partial charge in [0.25, 0.3) is 0 Å². The fourth-order valence-corrected chi connectivity index (χ4v) is 2.23. The quantitative estimate of drug-likeness (QED) is 0.451. The molecule has 0 saturated carbocycles. The molecule has 0 aliphatic heterocycles. The SMILES string of the molecule is C=C(C)C.Cc1ccc(-c2ccc(-c3ccccc3)cc2)cc1. The molecule has 3 aromatic rings. The summed E-state index contributed by atoms with van der Waals surface area (Å²) < 4.78 is 0. The number of hydrogen-bond donors (Lipinski definition) is 0. The van der Waals surface area contributed by atoms with E-state index in [-0.39, 0.29) is 0 Å². The molecule has 0 spiro atoms. The van der Waals surface area contributed by atoms with Gasteiger partial charge >= 0.3 is 0 Å². The predicted octanol–water partition coefficient (Wildman–Crippen LogP) is 6.91. The standard InChI is InChI=1S/C19H16.C4H8/c1-15-7-9-17(10-8-15)19-13-11-18(12-14-19)16-5-3-2-4-6-16;1-4(2)3/h2-14H,1H3;1H2,2-3H3. The molecule has 0 aliphatic rings. The van der Waals surface area contributed by atoms with E-state index in [1.54, 1.807) is 0 Å². The lowest BCUT2D eigenvalue weighted by atomic mass is 10.00. The third-order valence-corrected chi connectivity index (χ3v) is 3.38. The third kappa shape index (κ3) is 5.27. The molecule has 0 heterocycles. The van der Waals surface area contributed by atoms with Crippen molar-refractivity contribution in [3.63, 3.8) is 0 Å². The first-order valence-corrected chi connectivity index (χ1v) is 7.91. The van der Waals surface area contributed by atoms with Crippen LogP contribution in [0.1, 0.15) is 19.4 Å². The lowest BCUT2D eigenvalue weighted by Crippen LogP contribution is -1.80. The van der Waals surface area contributed by atoms with E-state index in [1.807, 2.05) is 19.9 Å². The lowest BCUT2D eigenvalue weighted by Gasteiger charge is -2.05. The van der Waals surface area contributed by atoms with Crippen LogP contribution in [0, 0.1) is 6.92 Å². The number of rotatable bonds is 2. The zero-order valence-electron chi connectivity index (χ0n) is 14.2. The van der Waals surface area contributed by atoms with Gasteiger partial charge in [-0.3, -0.25) is 0 Å². The number of hydrogen-bond acceptors (Lipinski definition) is 0. The fourth-order valence-electron chi connectivity index (χ4n) is 2.23. The summed E-state index contributed by atoms with van der Waals surface area (Å²) >= 11 is 0. The minimum atomic E-state index is 1.17. The lowest BCUT2D eigenvalue weighted by molar-refractivity contribution is 1.42. The van der Waals surface area contributed by atoms with Crippen molar-refractivity contribution in [1.82, 2.24) is 0 Å². The largest absolute Gasteiger partial charge is 0.100 e. The predicted molar refractivity (Wildman–Crippen MR) is 103 cm³/mol. The summed E-state index contributed by atoms with van der Waals surface area (Å²) in [5, 5.41) is 0. The maximum atomic E-state index is 3.56.